The van der Waals surface area contributed by atoms with Gasteiger partial charge in [-0.2, -0.15) is 0 Å². The third kappa shape index (κ3) is 7.55. The number of aldehydes is 1. The molecule has 13 heteroatoms. The number of ether oxygens (including phenoxy) is 2. The molecule has 0 spiro atoms. The van der Waals surface area contributed by atoms with Gasteiger partial charge in [-0.1, -0.05) is 50.6 Å². The number of aryl methyl sites for hydroxylation is 1. The molecule has 1 amide bonds. The van der Waals surface area contributed by atoms with E-state index in [0.29, 0.717) is 42.9 Å². The summed E-state index contributed by atoms with van der Waals surface area (Å²) in [6.45, 7) is 11.7. The number of aromatic nitrogens is 3. The second-order valence-electron chi connectivity index (χ2n) is 14.0. The molecule has 0 N–H and O–H groups in total. The molecular formula is C35H41F3N4O6. The number of nitrogens with zero attached hydrogens (tertiary/aromatic N) is 4. The van der Waals surface area contributed by atoms with Gasteiger partial charge in [0.05, 0.1) is 23.9 Å². The van der Waals surface area contributed by atoms with Crippen molar-refractivity contribution in [3.8, 4) is 5.75 Å². The van der Waals surface area contributed by atoms with Crippen LogP contribution in [-0.2, 0) is 32.3 Å². The van der Waals surface area contributed by atoms with Crippen molar-refractivity contribution in [3.05, 3.63) is 59.5 Å². The van der Waals surface area contributed by atoms with Gasteiger partial charge in [-0.25, -0.2) is 0 Å². The number of anilines is 1. The number of benzene rings is 1. The lowest BCUT2D eigenvalue weighted by Crippen LogP contribution is -2.49. The van der Waals surface area contributed by atoms with Gasteiger partial charge in [0.2, 0.25) is 0 Å². The van der Waals surface area contributed by atoms with Crippen LogP contribution in [0.3, 0.4) is 0 Å². The van der Waals surface area contributed by atoms with Crippen LogP contribution in [0.2, 0.25) is 0 Å². The fourth-order valence-electron chi connectivity index (χ4n) is 8.12. The first-order valence-electron chi connectivity index (χ1n) is 16.2. The Bertz CT molecular complexity index is 1630. The summed E-state index contributed by atoms with van der Waals surface area (Å²) in [5.74, 6) is -2.06. The van der Waals surface area contributed by atoms with Crippen LogP contribution in [0, 0.1) is 22.7 Å². The van der Waals surface area contributed by atoms with Crippen molar-refractivity contribution >= 4 is 29.6 Å². The highest BCUT2D eigenvalue weighted by Crippen LogP contribution is 2.61. The number of amides is 1. The Morgan fingerprint density at radius 3 is 2.67 bits per heavy atom. The monoisotopic (exact) mass is 670 g/mol. The van der Waals surface area contributed by atoms with Gasteiger partial charge in [-0.05, 0) is 85.0 Å². The minimum absolute atomic E-state index is 0.105. The Labute approximate surface area is 277 Å². The van der Waals surface area contributed by atoms with Crippen molar-refractivity contribution in [2.75, 3.05) is 11.4 Å². The fourth-order valence-corrected chi connectivity index (χ4v) is 8.12. The predicted octanol–water partition coefficient (Wildman–Crippen LogP) is 6.54. The Morgan fingerprint density at radius 2 is 1.94 bits per heavy atom. The molecule has 10 nitrogen and oxygen atoms in total. The molecule has 5 rings (SSSR count). The minimum atomic E-state index is -4.93. The Kier molecular flexibility index (Phi) is 9.98. The second kappa shape index (κ2) is 13.7. The lowest BCUT2D eigenvalue weighted by Gasteiger charge is -2.58. The van der Waals surface area contributed by atoms with Gasteiger partial charge in [0.15, 0.2) is 0 Å². The van der Waals surface area contributed by atoms with E-state index in [4.69, 9.17) is 4.74 Å². The zero-order valence-electron chi connectivity index (χ0n) is 27.5. The average Bonchev–Trinajstić information content (AvgIpc) is 3.55. The Morgan fingerprint density at radius 1 is 1.17 bits per heavy atom. The summed E-state index contributed by atoms with van der Waals surface area (Å²) < 4.78 is 48.4. The minimum Gasteiger partial charge on any atom is -0.459 e. The SMILES string of the molecule is C=C1CC[C@H]2C(C)(C)CCC[C@]2(C)[C@H]1C/C=C(/C=O)CC(=O)OCc1cn(CCCN2C(=O)C(=O)c3cc(OC(F)(F)F)ccc32)nn1. The van der Waals surface area contributed by atoms with Crippen LogP contribution < -0.4 is 9.64 Å². The van der Waals surface area contributed by atoms with Gasteiger partial charge in [-0.15, -0.1) is 18.3 Å². The van der Waals surface area contributed by atoms with Crippen LogP contribution in [0.4, 0.5) is 18.9 Å². The van der Waals surface area contributed by atoms with E-state index >= 15 is 0 Å². The first kappa shape index (κ1) is 35.0. The number of fused-ring (bicyclic) bond motifs is 2. The standard InChI is InChI=1S/C35H41F3N4O6/c1-22-7-12-29-33(2,3)13-5-14-34(29,4)27(22)10-8-23(20-43)17-30(44)47-21-24-19-41(40-39-24)15-6-16-42-28-11-9-25(48-35(36,37)38)18-26(28)31(45)32(42)46/h8-9,11,18-20,27,29H,1,5-7,10,12-17,21H2,2-4H3/b23-8+/t27-,29-,34+/m0/s1. The average molecular weight is 671 g/mol. The van der Waals surface area contributed by atoms with Crippen LogP contribution in [0.5, 0.6) is 5.75 Å². The highest BCUT2D eigenvalue weighted by Gasteiger charge is 2.52. The molecule has 1 aromatic heterocycles. The number of carbonyl (C=O) groups is 4. The first-order chi connectivity index (χ1) is 22.6. The first-order valence-corrected chi connectivity index (χ1v) is 16.2. The normalized spacial score (nSPS) is 23.9. The van der Waals surface area contributed by atoms with E-state index in [1.807, 2.05) is 6.08 Å². The largest absolute Gasteiger partial charge is 0.573 e. The molecule has 3 aliphatic rings. The molecule has 3 atom stereocenters. The summed E-state index contributed by atoms with van der Waals surface area (Å²) in [6, 6.07) is 3.19. The van der Waals surface area contributed by atoms with Crippen molar-refractivity contribution in [1.82, 2.24) is 15.0 Å². The number of carbonyl (C=O) groups excluding carboxylic acids is 4. The van der Waals surface area contributed by atoms with E-state index in [9.17, 15) is 32.3 Å². The number of hydrogen-bond acceptors (Lipinski definition) is 8. The molecule has 2 saturated carbocycles. The van der Waals surface area contributed by atoms with Gasteiger partial charge in [0.1, 0.15) is 24.3 Å². The Hall–Kier alpha value is -4.29. The number of allylic oxidation sites excluding steroid dienone is 2. The number of rotatable bonds is 12. The molecule has 2 aromatic rings. The maximum Gasteiger partial charge on any atom is 0.573 e. The number of ketones is 1. The molecule has 1 aromatic carbocycles. The number of hydrogen-bond donors (Lipinski definition) is 0. The topological polar surface area (TPSA) is 121 Å². The molecule has 0 bridgehead atoms. The summed E-state index contributed by atoms with van der Waals surface area (Å²) in [6.07, 6.45) is 5.72. The van der Waals surface area contributed by atoms with E-state index < -0.39 is 29.8 Å². The summed E-state index contributed by atoms with van der Waals surface area (Å²) >= 11 is 0. The van der Waals surface area contributed by atoms with Gasteiger partial charge in [0.25, 0.3) is 11.7 Å². The van der Waals surface area contributed by atoms with Crippen molar-refractivity contribution in [3.63, 3.8) is 0 Å². The van der Waals surface area contributed by atoms with Crippen LogP contribution >= 0.6 is 0 Å². The molecule has 48 heavy (non-hydrogen) atoms. The molecule has 258 valence electrons. The molecule has 0 radical (unpaired) electrons. The van der Waals surface area contributed by atoms with E-state index in [1.165, 1.54) is 34.1 Å². The third-order valence-corrected chi connectivity index (χ3v) is 10.3. The summed E-state index contributed by atoms with van der Waals surface area (Å²) in [5.41, 5.74) is 2.39. The number of halogens is 3. The van der Waals surface area contributed by atoms with Crippen LogP contribution in [-0.4, -0.2) is 51.8 Å². The zero-order chi connectivity index (χ0) is 34.9. The number of esters is 1. The summed E-state index contributed by atoms with van der Waals surface area (Å²) in [5, 5.41) is 8.01. The number of alkyl halides is 3. The molecular weight excluding hydrogens is 629 g/mol. The van der Waals surface area contributed by atoms with Crippen molar-refractivity contribution in [2.45, 2.75) is 91.7 Å². The van der Waals surface area contributed by atoms with E-state index in [-0.39, 0.29) is 47.6 Å². The predicted molar refractivity (Wildman–Crippen MR) is 169 cm³/mol. The summed E-state index contributed by atoms with van der Waals surface area (Å²) in [4.78, 5) is 50.6. The highest BCUT2D eigenvalue weighted by molar-refractivity contribution is 6.52. The lowest BCUT2D eigenvalue weighted by molar-refractivity contribution is -0.274. The molecule has 0 unspecified atom stereocenters. The summed E-state index contributed by atoms with van der Waals surface area (Å²) in [7, 11) is 0. The van der Waals surface area contributed by atoms with Crippen molar-refractivity contribution in [1.29, 1.82) is 0 Å². The van der Waals surface area contributed by atoms with Crippen LogP contribution in [0.25, 0.3) is 0 Å². The molecule has 1 aliphatic heterocycles. The van der Waals surface area contributed by atoms with Crippen molar-refractivity contribution in [2.24, 2.45) is 22.7 Å². The van der Waals surface area contributed by atoms with Gasteiger partial charge in [0, 0.05) is 13.1 Å². The van der Waals surface area contributed by atoms with Crippen LogP contribution in [0.1, 0.15) is 88.2 Å². The van der Waals surface area contributed by atoms with Gasteiger partial charge >= 0.3 is 12.3 Å². The fraction of sp³-hybridized carbons (Fsp3) is 0.543. The highest BCUT2D eigenvalue weighted by atomic mass is 19.4. The van der Waals surface area contributed by atoms with E-state index in [0.717, 1.165) is 31.4 Å². The third-order valence-electron chi connectivity index (χ3n) is 10.3. The maximum absolute atomic E-state index is 12.6. The molecule has 2 heterocycles. The second-order valence-corrected chi connectivity index (χ2v) is 14.0. The molecule has 0 saturated heterocycles. The smallest absolute Gasteiger partial charge is 0.459 e. The van der Waals surface area contributed by atoms with E-state index in [1.54, 1.807) is 6.20 Å². The quantitative estimate of drug-likeness (QED) is 0.0821. The maximum atomic E-state index is 12.6. The molecule has 2 aliphatic carbocycles. The zero-order valence-corrected chi connectivity index (χ0v) is 27.5. The molecule has 2 fully saturated rings. The van der Waals surface area contributed by atoms with Crippen molar-refractivity contribution < 1.29 is 41.8 Å². The van der Waals surface area contributed by atoms with Crippen LogP contribution in [0.15, 0.2) is 48.2 Å². The Balaban J connectivity index is 1.10. The number of Topliss-reactive ketones (excluding diaryl/α,β-unsaturated/α-hetero) is 1. The van der Waals surface area contributed by atoms with Gasteiger partial charge < -0.3 is 14.4 Å². The van der Waals surface area contributed by atoms with E-state index in [2.05, 4.69) is 42.4 Å². The van der Waals surface area contributed by atoms with Gasteiger partial charge in [-0.3, -0.25) is 23.9 Å². The lowest BCUT2D eigenvalue weighted by atomic mass is 9.47.